The monoisotopic (exact) mass is 895 g/mol. The highest BCUT2D eigenvalue weighted by atomic mass is 35.5. The van der Waals surface area contributed by atoms with Crippen LogP contribution < -0.4 is 5.32 Å². The fourth-order valence-electron chi connectivity index (χ4n) is 9.81. The molecule has 0 saturated heterocycles. The number of fused-ring (bicyclic) bond motifs is 3. The van der Waals surface area contributed by atoms with Crippen LogP contribution in [0, 0.1) is 18.8 Å². The van der Waals surface area contributed by atoms with Crippen LogP contribution in [0.25, 0.3) is 11.1 Å². The minimum absolute atomic E-state index is 0.105. The van der Waals surface area contributed by atoms with Crippen molar-refractivity contribution in [2.75, 3.05) is 20.7 Å². The van der Waals surface area contributed by atoms with Crippen molar-refractivity contribution >= 4 is 35.5 Å². The van der Waals surface area contributed by atoms with Gasteiger partial charge in [-0.2, -0.15) is 0 Å². The maximum absolute atomic E-state index is 14.9. The van der Waals surface area contributed by atoms with Crippen LogP contribution in [0.1, 0.15) is 105 Å². The third kappa shape index (κ3) is 10.0. The normalized spacial score (nSPS) is 16.4. The molecule has 0 radical (unpaired) electrons. The lowest BCUT2D eigenvalue weighted by Gasteiger charge is -2.41. The highest BCUT2D eigenvalue weighted by Gasteiger charge is 2.44. The summed E-state index contributed by atoms with van der Waals surface area (Å²) in [7, 11) is 3.36. The zero-order valence-electron chi connectivity index (χ0n) is 38.5. The molecule has 0 bridgehead atoms. The zero-order chi connectivity index (χ0) is 46.3. The molecule has 1 N–H and O–H groups in total. The summed E-state index contributed by atoms with van der Waals surface area (Å²) in [6.07, 6.45) is 4.30. The van der Waals surface area contributed by atoms with Gasteiger partial charge >= 0.3 is 12.1 Å². The van der Waals surface area contributed by atoms with Crippen LogP contribution in [0.5, 0.6) is 0 Å². The molecule has 2 aliphatic rings. The zero-order valence-corrected chi connectivity index (χ0v) is 39.2. The number of aryl methyl sites for hydroxylation is 1. The lowest BCUT2D eigenvalue weighted by molar-refractivity contribution is -0.156. The molecule has 1 unspecified atom stereocenters. The predicted octanol–water partition coefficient (Wildman–Crippen LogP) is 11.1. The van der Waals surface area contributed by atoms with Gasteiger partial charge in [0.15, 0.2) is 5.60 Å². The summed E-state index contributed by atoms with van der Waals surface area (Å²) >= 11 is 6.93. The Morgan fingerprint density at radius 3 is 1.91 bits per heavy atom. The fourth-order valence-corrected chi connectivity index (χ4v) is 10.1. The average Bonchev–Trinajstić information content (AvgIpc) is 3.65. The first-order chi connectivity index (χ1) is 31.3. The fraction of sp³-hybridized carbons (Fsp3) is 0.382. The quantitative estimate of drug-likeness (QED) is 0.0781. The maximum atomic E-state index is 14.9. The van der Waals surface area contributed by atoms with Gasteiger partial charge in [-0.1, -0.05) is 178 Å². The number of ether oxygens (including phenoxy) is 2. The minimum Gasteiger partial charge on any atom is -0.449 e. The molecule has 5 aromatic carbocycles. The van der Waals surface area contributed by atoms with Gasteiger partial charge in [0, 0.05) is 47.8 Å². The summed E-state index contributed by atoms with van der Waals surface area (Å²) in [6, 6.07) is 38.7. The van der Waals surface area contributed by atoms with Gasteiger partial charge in [0.05, 0.1) is 6.42 Å². The lowest BCUT2D eigenvalue weighted by atomic mass is 9.79. The topological polar surface area (TPSA) is 105 Å². The van der Waals surface area contributed by atoms with Crippen molar-refractivity contribution in [2.24, 2.45) is 11.8 Å². The van der Waals surface area contributed by atoms with Crippen molar-refractivity contribution < 1.29 is 28.7 Å². The number of rotatable bonds is 16. The summed E-state index contributed by atoms with van der Waals surface area (Å²) in [4.78, 5) is 60.9. The van der Waals surface area contributed by atoms with Crippen molar-refractivity contribution in [2.45, 2.75) is 102 Å². The second-order valence-electron chi connectivity index (χ2n) is 18.0. The Hall–Kier alpha value is -5.93. The van der Waals surface area contributed by atoms with Crippen LogP contribution in [0.4, 0.5) is 4.79 Å². The summed E-state index contributed by atoms with van der Waals surface area (Å²) in [5.74, 6) is -1.64. The lowest BCUT2D eigenvalue weighted by Crippen LogP contribution is -2.59. The predicted molar refractivity (Wildman–Crippen MR) is 256 cm³/mol. The van der Waals surface area contributed by atoms with Gasteiger partial charge in [-0.25, -0.2) is 4.79 Å². The van der Waals surface area contributed by atoms with E-state index in [0.717, 1.165) is 71.0 Å². The van der Waals surface area contributed by atoms with Crippen LogP contribution in [0.2, 0.25) is 5.02 Å². The number of halogens is 1. The van der Waals surface area contributed by atoms with Crippen molar-refractivity contribution in [3.8, 4) is 11.1 Å². The first-order valence-corrected chi connectivity index (χ1v) is 23.5. The van der Waals surface area contributed by atoms with E-state index >= 15 is 0 Å². The van der Waals surface area contributed by atoms with Crippen LogP contribution in [-0.2, 0) is 29.5 Å². The number of nitrogens with zero attached hydrogens (tertiary/aromatic N) is 2. The molecule has 1 saturated carbocycles. The number of hydrogen-bond acceptors (Lipinski definition) is 6. The average molecular weight is 897 g/mol. The number of carbonyl (C=O) groups is 4. The molecular formula is C55H62ClN3O6. The third-order valence-electron chi connectivity index (χ3n) is 13.8. The molecule has 0 heterocycles. The molecular weight excluding hydrogens is 834 g/mol. The number of amides is 3. The first-order valence-electron chi connectivity index (χ1n) is 23.1. The molecule has 0 aromatic heterocycles. The van der Waals surface area contributed by atoms with Crippen molar-refractivity contribution in [3.05, 3.63) is 166 Å². The number of carbonyl (C=O) groups excluding carboxylic acids is 4. The van der Waals surface area contributed by atoms with Crippen LogP contribution in [0.3, 0.4) is 0 Å². The van der Waals surface area contributed by atoms with E-state index in [-0.39, 0.29) is 42.6 Å². The molecule has 0 spiro atoms. The van der Waals surface area contributed by atoms with Gasteiger partial charge in [-0.05, 0) is 66.8 Å². The van der Waals surface area contributed by atoms with E-state index in [1.54, 1.807) is 25.1 Å². The molecule has 0 aliphatic heterocycles. The number of benzene rings is 5. The van der Waals surface area contributed by atoms with Gasteiger partial charge in [0.1, 0.15) is 18.7 Å². The van der Waals surface area contributed by atoms with E-state index in [0.29, 0.717) is 17.0 Å². The molecule has 340 valence electrons. The van der Waals surface area contributed by atoms with Crippen molar-refractivity contribution in [1.29, 1.82) is 0 Å². The highest BCUT2D eigenvalue weighted by molar-refractivity contribution is 6.31. The van der Waals surface area contributed by atoms with Gasteiger partial charge in [-0.15, -0.1) is 0 Å². The first kappa shape index (κ1) is 47.0. The Labute approximate surface area is 389 Å². The van der Waals surface area contributed by atoms with E-state index in [2.05, 4.69) is 29.6 Å². The smallest absolute Gasteiger partial charge is 0.407 e. The van der Waals surface area contributed by atoms with Gasteiger partial charge in [0.2, 0.25) is 11.8 Å². The third-order valence-corrected chi connectivity index (χ3v) is 14.2. The Morgan fingerprint density at radius 1 is 0.723 bits per heavy atom. The van der Waals surface area contributed by atoms with Gasteiger partial charge < -0.3 is 24.6 Å². The second kappa shape index (κ2) is 20.9. The summed E-state index contributed by atoms with van der Waals surface area (Å²) in [5.41, 5.74) is 6.17. The van der Waals surface area contributed by atoms with Gasteiger partial charge in [0.25, 0.3) is 0 Å². The van der Waals surface area contributed by atoms with Crippen LogP contribution >= 0.6 is 11.6 Å². The SMILES string of the molecule is CC[C@H](C)[C@H](NC(=O)OCC1c2ccccc2-c2ccccc21)C(=O)N(C)[C@H](C(=O)N(C)[C@H](C)CC(=O)OC(c1ccccc1)(c1ccc(C)cc1)c1ccccc1Cl)C1CCCCC1. The van der Waals surface area contributed by atoms with Crippen molar-refractivity contribution in [3.63, 3.8) is 0 Å². The highest BCUT2D eigenvalue weighted by Crippen LogP contribution is 2.46. The molecule has 3 amide bonds. The van der Waals surface area contributed by atoms with E-state index in [1.807, 2.05) is 125 Å². The van der Waals surface area contributed by atoms with Crippen molar-refractivity contribution in [1.82, 2.24) is 15.1 Å². The second-order valence-corrected chi connectivity index (χ2v) is 18.4. The van der Waals surface area contributed by atoms with E-state index in [9.17, 15) is 19.2 Å². The van der Waals surface area contributed by atoms with E-state index in [1.165, 1.54) is 4.90 Å². The van der Waals surface area contributed by atoms with Gasteiger partial charge in [-0.3, -0.25) is 14.4 Å². The Bertz CT molecular complexity index is 2410. The Kier molecular flexibility index (Phi) is 15.1. The molecule has 5 aromatic rings. The molecule has 10 heteroatoms. The molecule has 2 aliphatic carbocycles. The molecule has 65 heavy (non-hydrogen) atoms. The number of likely N-dealkylation sites (N-methyl/N-ethyl adjacent to an activating group) is 2. The van der Waals surface area contributed by atoms with Crippen LogP contribution in [-0.4, -0.2) is 72.5 Å². The van der Waals surface area contributed by atoms with E-state index < -0.39 is 35.8 Å². The molecule has 7 rings (SSSR count). The summed E-state index contributed by atoms with van der Waals surface area (Å²) in [5, 5.41) is 3.36. The number of nitrogens with one attached hydrogen (secondary N) is 1. The minimum atomic E-state index is -1.39. The summed E-state index contributed by atoms with van der Waals surface area (Å²) in [6.45, 7) is 7.83. The number of alkyl carbamates (subject to hydrolysis) is 1. The molecule has 1 fully saturated rings. The van der Waals surface area contributed by atoms with Crippen LogP contribution in [0.15, 0.2) is 127 Å². The number of hydrogen-bond donors (Lipinski definition) is 1. The maximum Gasteiger partial charge on any atom is 0.407 e. The largest absolute Gasteiger partial charge is 0.449 e. The molecule has 9 nitrogen and oxygen atoms in total. The summed E-state index contributed by atoms with van der Waals surface area (Å²) < 4.78 is 12.6. The standard InChI is InChI=1S/C55H62ClN3O6/c1-7-37(3)50(57-54(63)64-35-46-44-26-16-14-24-42(44)43-25-15-17-27-45(43)46)52(61)59(6)51(39-20-10-8-11-21-39)53(62)58(5)38(4)34-49(60)65-55(40-22-12-9-13-23-40,41-32-30-36(2)31-33-41)47-28-18-19-29-48(47)56/h9,12-19,22-33,37-39,46,50-51H,7-8,10-11,20-21,34-35H2,1-6H3,(H,57,63)/t37-,38+,50-,51-,55?/m0/s1. The Morgan fingerprint density at radius 2 is 1.29 bits per heavy atom. The number of esters is 1. The Balaban J connectivity index is 1.09. The van der Waals surface area contributed by atoms with E-state index in [4.69, 9.17) is 21.1 Å². The molecule has 5 atom stereocenters.